The lowest BCUT2D eigenvalue weighted by Gasteiger charge is -2.37. The zero-order valence-corrected chi connectivity index (χ0v) is 19.9. The number of ether oxygens (including phenoxy) is 1. The van der Waals surface area contributed by atoms with Crippen molar-refractivity contribution in [3.63, 3.8) is 0 Å². The van der Waals surface area contributed by atoms with Crippen LogP contribution in [0.3, 0.4) is 0 Å². The fourth-order valence-electron chi connectivity index (χ4n) is 3.13. The third-order valence-corrected chi connectivity index (χ3v) is 6.55. The lowest BCUT2D eigenvalue weighted by Crippen LogP contribution is -2.50. The molecule has 0 fully saturated rings. The van der Waals surface area contributed by atoms with Gasteiger partial charge in [0.25, 0.3) is 5.91 Å². The van der Waals surface area contributed by atoms with E-state index in [0.29, 0.717) is 18.0 Å². The zero-order chi connectivity index (χ0) is 23.3. The van der Waals surface area contributed by atoms with Crippen LogP contribution in [-0.4, -0.2) is 78.8 Å². The zero-order valence-electron chi connectivity index (χ0n) is 19.1. The monoisotopic (exact) mass is 451 g/mol. The van der Waals surface area contributed by atoms with Crippen molar-refractivity contribution in [1.29, 1.82) is 0 Å². The fourth-order valence-corrected chi connectivity index (χ4v) is 3.55. The molecule has 0 aromatic carbocycles. The van der Waals surface area contributed by atoms with Crippen LogP contribution in [0.15, 0.2) is 12.3 Å². The molecule has 0 saturated carbocycles. The molecule has 1 N–H and O–H groups in total. The number of aliphatic hydroxyl groups is 1. The average molecular weight is 452 g/mol. The second kappa shape index (κ2) is 10.4. The minimum Gasteiger partial charge on any atom is -0.472 e. The molecule has 3 atom stereocenters. The molecular weight excluding hydrogens is 418 g/mol. The molecule has 31 heavy (non-hydrogen) atoms. The van der Waals surface area contributed by atoms with Crippen LogP contribution in [0.1, 0.15) is 50.0 Å². The summed E-state index contributed by atoms with van der Waals surface area (Å²) in [5, 5.41) is 9.69. The van der Waals surface area contributed by atoms with E-state index in [1.165, 1.54) is 11.4 Å². The van der Waals surface area contributed by atoms with Gasteiger partial charge in [-0.2, -0.15) is 0 Å². The highest BCUT2D eigenvalue weighted by Gasteiger charge is 2.35. The van der Waals surface area contributed by atoms with Crippen LogP contribution >= 0.6 is 0 Å². The molecule has 2 heterocycles. The Bertz CT molecular complexity index is 952. The molecular formula is C22H33N3O5S. The Morgan fingerprint density at radius 2 is 2.06 bits per heavy atom. The van der Waals surface area contributed by atoms with Crippen LogP contribution in [0.5, 0.6) is 5.88 Å². The number of hydrogen-bond acceptors (Lipinski definition) is 6. The Morgan fingerprint density at radius 3 is 2.65 bits per heavy atom. The first-order chi connectivity index (χ1) is 14.4. The van der Waals surface area contributed by atoms with Crippen molar-refractivity contribution < 1.29 is 23.1 Å². The highest BCUT2D eigenvalue weighted by Crippen LogP contribution is 2.27. The molecule has 172 valence electrons. The van der Waals surface area contributed by atoms with Crippen LogP contribution in [0.25, 0.3) is 0 Å². The van der Waals surface area contributed by atoms with Gasteiger partial charge in [0.1, 0.15) is 11.7 Å². The summed E-state index contributed by atoms with van der Waals surface area (Å²) in [6, 6.07) is 1.24. The molecule has 0 aliphatic carbocycles. The maximum Gasteiger partial charge on any atom is 0.259 e. The summed E-state index contributed by atoms with van der Waals surface area (Å²) < 4.78 is 31.1. The number of sulfonamides is 1. The van der Waals surface area contributed by atoms with Crippen molar-refractivity contribution in [3.05, 3.63) is 23.4 Å². The number of hydrogen-bond donors (Lipinski definition) is 1. The Hall–Kier alpha value is -2.15. The van der Waals surface area contributed by atoms with E-state index in [9.17, 15) is 18.3 Å². The number of amides is 1. The summed E-state index contributed by atoms with van der Waals surface area (Å²) in [4.78, 5) is 19.2. The van der Waals surface area contributed by atoms with Gasteiger partial charge in [-0.15, -0.1) is 0 Å². The molecule has 1 aliphatic heterocycles. The average Bonchev–Trinajstić information content (AvgIpc) is 2.69. The summed E-state index contributed by atoms with van der Waals surface area (Å²) in [5.74, 6) is 6.22. The molecule has 2 rings (SSSR count). The van der Waals surface area contributed by atoms with Crippen LogP contribution in [0.4, 0.5) is 0 Å². The van der Waals surface area contributed by atoms with Gasteiger partial charge < -0.3 is 14.7 Å². The van der Waals surface area contributed by atoms with Gasteiger partial charge in [-0.3, -0.25) is 4.79 Å². The van der Waals surface area contributed by atoms with Gasteiger partial charge in [-0.25, -0.2) is 17.7 Å². The van der Waals surface area contributed by atoms with Crippen molar-refractivity contribution in [2.75, 3.05) is 33.0 Å². The van der Waals surface area contributed by atoms with Crippen molar-refractivity contribution in [2.45, 2.75) is 46.3 Å². The summed E-state index contributed by atoms with van der Waals surface area (Å²) >= 11 is 0. The van der Waals surface area contributed by atoms with Gasteiger partial charge in [0.2, 0.25) is 15.9 Å². The molecule has 0 bridgehead atoms. The normalized spacial score (nSPS) is 20.4. The van der Waals surface area contributed by atoms with E-state index in [1.807, 2.05) is 6.92 Å². The molecule has 8 nitrogen and oxygen atoms in total. The van der Waals surface area contributed by atoms with Gasteiger partial charge in [0.15, 0.2) is 0 Å². The van der Waals surface area contributed by atoms with Gasteiger partial charge in [0, 0.05) is 37.7 Å². The number of fused-ring (bicyclic) bond motifs is 1. The van der Waals surface area contributed by atoms with Crippen LogP contribution in [0.2, 0.25) is 0 Å². The lowest BCUT2D eigenvalue weighted by molar-refractivity contribution is 0.0373. The highest BCUT2D eigenvalue weighted by molar-refractivity contribution is 7.88. The van der Waals surface area contributed by atoms with E-state index in [-0.39, 0.29) is 36.4 Å². The smallest absolute Gasteiger partial charge is 0.259 e. The second-order valence-electron chi connectivity index (χ2n) is 8.64. The molecule has 0 radical (unpaired) electrons. The number of rotatable bonds is 6. The Labute approximate surface area is 185 Å². The van der Waals surface area contributed by atoms with Crippen molar-refractivity contribution in [1.82, 2.24) is 14.2 Å². The van der Waals surface area contributed by atoms with E-state index in [1.54, 1.807) is 24.1 Å². The highest BCUT2D eigenvalue weighted by atomic mass is 32.2. The molecule has 1 amide bonds. The van der Waals surface area contributed by atoms with Crippen molar-refractivity contribution in [2.24, 2.45) is 11.8 Å². The third-order valence-electron chi connectivity index (χ3n) is 5.27. The van der Waals surface area contributed by atoms with Crippen molar-refractivity contribution >= 4 is 15.9 Å². The summed E-state index contributed by atoms with van der Waals surface area (Å²) in [5.41, 5.74) is 0.863. The maximum atomic E-state index is 13.3. The number of likely N-dealkylation sites (N-methyl/N-ethyl adjacent to an activating group) is 1. The lowest BCUT2D eigenvalue weighted by atomic mass is 10.00. The van der Waals surface area contributed by atoms with E-state index < -0.39 is 22.2 Å². The first kappa shape index (κ1) is 25.1. The van der Waals surface area contributed by atoms with Gasteiger partial charge in [-0.1, -0.05) is 32.6 Å². The molecule has 0 spiro atoms. The predicted molar refractivity (Wildman–Crippen MR) is 119 cm³/mol. The van der Waals surface area contributed by atoms with E-state index in [0.717, 1.165) is 12.7 Å². The second-order valence-corrected chi connectivity index (χ2v) is 10.7. The number of nitrogens with zero attached hydrogens (tertiary/aromatic N) is 3. The number of carbonyl (C=O) groups excluding carboxylic acids is 1. The molecule has 1 aromatic rings. The SMILES string of the molecule is CC(C)CC#Cc1cnc2c(c1)C(=O)N([C@H](C)CO)C[C@@H](C)[C@H](CN(C)S(C)(=O)=O)O2. The standard InChI is InChI=1S/C22H33N3O5S/c1-15(2)8-7-9-18-10-19-21(23-11-18)30-20(13-24(5)31(6,28)29)16(3)12-25(22(19)27)17(4)14-26/h10-11,15-17,20,26H,8,12-14H2,1-6H3/t16-,17-,20+/m1/s1. The van der Waals surface area contributed by atoms with Gasteiger partial charge in [0.05, 0.1) is 25.4 Å². The molecule has 0 unspecified atom stereocenters. The van der Waals surface area contributed by atoms with Crippen LogP contribution < -0.4 is 4.74 Å². The Morgan fingerprint density at radius 1 is 1.39 bits per heavy atom. The largest absolute Gasteiger partial charge is 0.472 e. The number of aliphatic hydroxyl groups excluding tert-OH is 1. The van der Waals surface area contributed by atoms with Gasteiger partial charge in [-0.05, 0) is 18.9 Å². The van der Waals surface area contributed by atoms with Gasteiger partial charge >= 0.3 is 0 Å². The first-order valence-corrected chi connectivity index (χ1v) is 12.3. The minimum absolute atomic E-state index is 0.118. The van der Waals surface area contributed by atoms with E-state index in [4.69, 9.17) is 4.74 Å². The van der Waals surface area contributed by atoms with E-state index >= 15 is 0 Å². The molecule has 9 heteroatoms. The summed E-state index contributed by atoms with van der Waals surface area (Å²) in [6.07, 6.45) is 2.90. The Kier molecular flexibility index (Phi) is 8.46. The van der Waals surface area contributed by atoms with Crippen LogP contribution in [0, 0.1) is 23.7 Å². The molecule has 1 aliphatic rings. The first-order valence-electron chi connectivity index (χ1n) is 10.4. The Balaban J connectivity index is 2.48. The van der Waals surface area contributed by atoms with Crippen LogP contribution in [-0.2, 0) is 10.0 Å². The molecule has 1 aromatic heterocycles. The topological polar surface area (TPSA) is 100 Å². The van der Waals surface area contributed by atoms with E-state index in [2.05, 4.69) is 30.7 Å². The number of aromatic nitrogens is 1. The summed E-state index contributed by atoms with van der Waals surface area (Å²) in [6.45, 7) is 8.05. The maximum absolute atomic E-state index is 13.3. The quantitative estimate of drug-likeness (QED) is 0.660. The fraction of sp³-hybridized carbons (Fsp3) is 0.636. The van der Waals surface area contributed by atoms with Crippen molar-refractivity contribution in [3.8, 4) is 17.7 Å². The minimum atomic E-state index is -3.40. The third kappa shape index (κ3) is 6.66. The number of pyridine rings is 1. The number of carbonyl (C=O) groups is 1. The predicted octanol–water partition coefficient (Wildman–Crippen LogP) is 1.59. The summed E-state index contributed by atoms with van der Waals surface area (Å²) in [7, 11) is -1.91. The molecule has 0 saturated heterocycles.